The van der Waals surface area contributed by atoms with Gasteiger partial charge in [-0.15, -0.1) is 0 Å². The lowest BCUT2D eigenvalue weighted by Crippen LogP contribution is -2.52. The average molecular weight is 254 g/mol. The van der Waals surface area contributed by atoms with E-state index in [-0.39, 0.29) is 6.04 Å². The van der Waals surface area contributed by atoms with Crippen molar-refractivity contribution in [3.05, 3.63) is 0 Å². The lowest BCUT2D eigenvalue weighted by atomic mass is 9.80. The zero-order valence-corrected chi connectivity index (χ0v) is 12.0. The predicted octanol–water partition coefficient (Wildman–Crippen LogP) is 2.30. The minimum absolute atomic E-state index is 0.283. The first kappa shape index (κ1) is 14.3. The molecule has 0 unspecified atom stereocenters. The Kier molecular flexibility index (Phi) is 5.46. The predicted molar refractivity (Wildman–Crippen MR) is 75.5 cm³/mol. The van der Waals surface area contributed by atoms with E-state index in [2.05, 4.69) is 19.2 Å². The van der Waals surface area contributed by atoms with Crippen molar-refractivity contribution in [2.24, 2.45) is 17.6 Å². The molecule has 3 N–H and O–H groups in total. The lowest BCUT2D eigenvalue weighted by molar-refractivity contribution is -0.00321. The Morgan fingerprint density at radius 1 is 1.17 bits per heavy atom. The maximum absolute atomic E-state index is 6.11. The van der Waals surface area contributed by atoms with Gasteiger partial charge in [-0.25, -0.2) is 0 Å². The van der Waals surface area contributed by atoms with Crippen LogP contribution in [0.2, 0.25) is 0 Å². The molecule has 1 aliphatic heterocycles. The summed E-state index contributed by atoms with van der Waals surface area (Å²) in [4.78, 5) is 0. The summed E-state index contributed by atoms with van der Waals surface area (Å²) >= 11 is 0. The Balaban J connectivity index is 1.65. The highest BCUT2D eigenvalue weighted by Crippen LogP contribution is 2.31. The number of ether oxygens (including phenoxy) is 1. The third-order valence-electron chi connectivity index (χ3n) is 4.81. The molecule has 0 aromatic heterocycles. The van der Waals surface area contributed by atoms with Crippen molar-refractivity contribution in [3.8, 4) is 0 Å². The van der Waals surface area contributed by atoms with Gasteiger partial charge in [-0.05, 0) is 56.9 Å². The van der Waals surface area contributed by atoms with Gasteiger partial charge in [0.2, 0.25) is 0 Å². The monoisotopic (exact) mass is 254 g/mol. The Morgan fingerprint density at radius 3 is 2.50 bits per heavy atom. The summed E-state index contributed by atoms with van der Waals surface area (Å²) in [7, 11) is 0. The molecule has 0 aromatic carbocycles. The summed E-state index contributed by atoms with van der Waals surface area (Å²) in [6, 6.07) is 0.660. The van der Waals surface area contributed by atoms with Crippen LogP contribution in [0, 0.1) is 11.8 Å². The minimum Gasteiger partial charge on any atom is -0.377 e. The van der Waals surface area contributed by atoms with Crippen LogP contribution in [0.4, 0.5) is 0 Å². The first-order valence-electron chi connectivity index (χ1n) is 7.77. The first-order chi connectivity index (χ1) is 8.66. The van der Waals surface area contributed by atoms with E-state index in [1.165, 1.54) is 32.1 Å². The molecule has 1 saturated heterocycles. The van der Waals surface area contributed by atoms with Gasteiger partial charge >= 0.3 is 0 Å². The van der Waals surface area contributed by atoms with Gasteiger partial charge in [-0.2, -0.15) is 0 Å². The summed E-state index contributed by atoms with van der Waals surface area (Å²) in [6.45, 7) is 6.59. The Morgan fingerprint density at radius 2 is 1.89 bits per heavy atom. The van der Waals surface area contributed by atoms with Crippen LogP contribution in [0.5, 0.6) is 0 Å². The van der Waals surface area contributed by atoms with E-state index in [9.17, 15) is 0 Å². The van der Waals surface area contributed by atoms with Gasteiger partial charge in [-0.1, -0.05) is 13.8 Å². The van der Waals surface area contributed by atoms with Crippen LogP contribution in [0.25, 0.3) is 0 Å². The topological polar surface area (TPSA) is 47.3 Å². The van der Waals surface area contributed by atoms with Crippen LogP contribution in [0.1, 0.15) is 52.4 Å². The normalized spacial score (nSPS) is 38.0. The first-order valence-corrected chi connectivity index (χ1v) is 7.77. The second kappa shape index (κ2) is 6.88. The summed E-state index contributed by atoms with van der Waals surface area (Å²) in [5.74, 6) is 1.75. The maximum atomic E-state index is 6.11. The molecule has 1 aliphatic carbocycles. The van der Waals surface area contributed by atoms with Crippen molar-refractivity contribution in [2.75, 3.05) is 13.2 Å². The van der Waals surface area contributed by atoms with Gasteiger partial charge in [0, 0.05) is 12.1 Å². The summed E-state index contributed by atoms with van der Waals surface area (Å²) in [6.07, 6.45) is 7.99. The second-order valence-electron chi connectivity index (χ2n) is 6.48. The van der Waals surface area contributed by atoms with Crippen molar-refractivity contribution in [1.82, 2.24) is 5.32 Å². The SMILES string of the molecule is CC(C)[C@H]1CC[C@@H](OC[C@@H]2NCCC[C@@H]2N)CC1. The van der Waals surface area contributed by atoms with Crippen LogP contribution in [0.15, 0.2) is 0 Å². The van der Waals surface area contributed by atoms with E-state index in [1.807, 2.05) is 0 Å². The van der Waals surface area contributed by atoms with Gasteiger partial charge in [0.15, 0.2) is 0 Å². The van der Waals surface area contributed by atoms with Crippen LogP contribution >= 0.6 is 0 Å². The molecule has 3 nitrogen and oxygen atoms in total. The standard InChI is InChI=1S/C15H30N2O/c1-11(2)12-5-7-13(8-6-12)18-10-15-14(16)4-3-9-17-15/h11-15,17H,3-10,16H2,1-2H3/t12-,13+,14-,15-/m0/s1. The van der Waals surface area contributed by atoms with Crippen molar-refractivity contribution < 1.29 is 4.74 Å². The van der Waals surface area contributed by atoms with E-state index in [0.29, 0.717) is 12.1 Å². The van der Waals surface area contributed by atoms with Crippen LogP contribution in [0.3, 0.4) is 0 Å². The molecule has 0 bridgehead atoms. The van der Waals surface area contributed by atoms with E-state index in [0.717, 1.165) is 31.4 Å². The molecule has 1 saturated carbocycles. The number of hydrogen-bond donors (Lipinski definition) is 2. The minimum atomic E-state index is 0.283. The Labute approximate surface area is 112 Å². The smallest absolute Gasteiger partial charge is 0.0638 e. The third-order valence-corrected chi connectivity index (χ3v) is 4.81. The number of nitrogens with one attached hydrogen (secondary N) is 1. The molecular weight excluding hydrogens is 224 g/mol. The van der Waals surface area contributed by atoms with E-state index < -0.39 is 0 Å². The molecule has 0 amide bonds. The fourth-order valence-corrected chi connectivity index (χ4v) is 3.32. The van der Waals surface area contributed by atoms with Gasteiger partial charge in [-0.3, -0.25) is 0 Å². The van der Waals surface area contributed by atoms with Gasteiger partial charge in [0.05, 0.1) is 12.7 Å². The number of piperidine rings is 1. The zero-order chi connectivity index (χ0) is 13.0. The largest absolute Gasteiger partial charge is 0.377 e. The van der Waals surface area contributed by atoms with E-state index in [4.69, 9.17) is 10.5 Å². The molecule has 2 fully saturated rings. The molecule has 1 heterocycles. The fraction of sp³-hybridized carbons (Fsp3) is 1.00. The molecule has 3 heteroatoms. The second-order valence-corrected chi connectivity index (χ2v) is 6.48. The highest BCUT2D eigenvalue weighted by Gasteiger charge is 2.26. The van der Waals surface area contributed by atoms with Gasteiger partial charge in [0.1, 0.15) is 0 Å². The van der Waals surface area contributed by atoms with Crippen molar-refractivity contribution in [1.29, 1.82) is 0 Å². The quantitative estimate of drug-likeness (QED) is 0.809. The Bertz CT molecular complexity index is 237. The molecule has 2 rings (SSSR count). The summed E-state index contributed by atoms with van der Waals surface area (Å²) < 4.78 is 6.08. The van der Waals surface area contributed by atoms with Crippen molar-refractivity contribution in [3.63, 3.8) is 0 Å². The molecule has 18 heavy (non-hydrogen) atoms. The molecule has 0 spiro atoms. The van der Waals surface area contributed by atoms with Crippen molar-refractivity contribution >= 4 is 0 Å². The fourth-order valence-electron chi connectivity index (χ4n) is 3.32. The molecule has 2 aliphatic rings. The van der Waals surface area contributed by atoms with E-state index in [1.54, 1.807) is 0 Å². The highest BCUT2D eigenvalue weighted by atomic mass is 16.5. The van der Waals surface area contributed by atoms with Crippen LogP contribution in [-0.2, 0) is 4.74 Å². The zero-order valence-electron chi connectivity index (χ0n) is 12.0. The summed E-state index contributed by atoms with van der Waals surface area (Å²) in [5.41, 5.74) is 6.11. The molecular formula is C15H30N2O. The van der Waals surface area contributed by atoms with Crippen LogP contribution < -0.4 is 11.1 Å². The van der Waals surface area contributed by atoms with Crippen LogP contribution in [-0.4, -0.2) is 31.3 Å². The lowest BCUT2D eigenvalue weighted by Gasteiger charge is -2.34. The Hall–Kier alpha value is -0.120. The van der Waals surface area contributed by atoms with Crippen molar-refractivity contribution in [2.45, 2.75) is 70.6 Å². The molecule has 0 aromatic rings. The van der Waals surface area contributed by atoms with E-state index >= 15 is 0 Å². The summed E-state index contributed by atoms with van der Waals surface area (Å²) in [5, 5.41) is 3.49. The third kappa shape index (κ3) is 3.94. The average Bonchev–Trinajstić information content (AvgIpc) is 2.38. The number of rotatable bonds is 4. The molecule has 0 radical (unpaired) electrons. The van der Waals surface area contributed by atoms with Gasteiger partial charge in [0.25, 0.3) is 0 Å². The number of nitrogens with two attached hydrogens (primary N) is 1. The maximum Gasteiger partial charge on any atom is 0.0638 e. The molecule has 2 atom stereocenters. The highest BCUT2D eigenvalue weighted by molar-refractivity contribution is 4.84. The molecule has 106 valence electrons. The number of hydrogen-bond acceptors (Lipinski definition) is 3. The van der Waals surface area contributed by atoms with Gasteiger partial charge < -0.3 is 15.8 Å².